The number of aromatic amines is 1. The molecule has 21 heavy (non-hydrogen) atoms. The fourth-order valence-electron chi connectivity index (χ4n) is 3.23. The molecule has 2 aliphatic rings. The van der Waals surface area contributed by atoms with E-state index in [0.29, 0.717) is 6.61 Å². The van der Waals surface area contributed by atoms with Crippen molar-refractivity contribution in [1.82, 2.24) is 25.0 Å². The summed E-state index contributed by atoms with van der Waals surface area (Å²) in [4.78, 5) is 2.28. The smallest absolute Gasteiger partial charge is 0.227 e. The second-order valence-corrected chi connectivity index (χ2v) is 6.30. The van der Waals surface area contributed by atoms with Gasteiger partial charge in [-0.2, -0.15) is 5.10 Å². The van der Waals surface area contributed by atoms with Gasteiger partial charge in [0.2, 0.25) is 5.95 Å². The predicted octanol–water partition coefficient (Wildman–Crippen LogP) is 1.57. The van der Waals surface area contributed by atoms with Gasteiger partial charge in [-0.15, -0.1) is 10.2 Å². The molecule has 0 aromatic carbocycles. The lowest BCUT2D eigenvalue weighted by atomic mass is 10.0. The van der Waals surface area contributed by atoms with E-state index in [1.807, 2.05) is 25.5 Å². The first-order chi connectivity index (χ1) is 10.1. The Morgan fingerprint density at radius 1 is 1.19 bits per heavy atom. The molecule has 0 radical (unpaired) electrons. The van der Waals surface area contributed by atoms with Crippen molar-refractivity contribution in [3.8, 4) is 11.5 Å². The third-order valence-corrected chi connectivity index (χ3v) is 4.50. The van der Waals surface area contributed by atoms with Gasteiger partial charge in [-0.05, 0) is 26.7 Å². The van der Waals surface area contributed by atoms with Crippen LogP contribution in [0.3, 0.4) is 0 Å². The Morgan fingerprint density at radius 2 is 1.95 bits per heavy atom. The molecule has 0 amide bonds. The second kappa shape index (κ2) is 4.30. The first kappa shape index (κ1) is 12.8. The summed E-state index contributed by atoms with van der Waals surface area (Å²) in [6.07, 6.45) is 2.45. The van der Waals surface area contributed by atoms with Crippen LogP contribution in [0.4, 0.5) is 5.95 Å². The molecule has 1 N–H and O–H groups in total. The van der Waals surface area contributed by atoms with Gasteiger partial charge in [-0.3, -0.25) is 9.67 Å². The zero-order valence-electron chi connectivity index (χ0n) is 12.7. The summed E-state index contributed by atoms with van der Waals surface area (Å²) in [6, 6.07) is 0. The Balaban J connectivity index is 1.75. The minimum absolute atomic E-state index is 0.309. The number of anilines is 1. The lowest BCUT2D eigenvalue weighted by Crippen LogP contribution is -2.21. The fourth-order valence-corrected chi connectivity index (χ4v) is 3.23. The first-order valence-electron chi connectivity index (χ1n) is 7.44. The molecule has 0 unspecified atom stereocenters. The van der Waals surface area contributed by atoms with Crippen LogP contribution in [0.2, 0.25) is 0 Å². The van der Waals surface area contributed by atoms with Gasteiger partial charge >= 0.3 is 0 Å². The summed E-state index contributed by atoms with van der Waals surface area (Å²) in [5.74, 6) is 1.73. The van der Waals surface area contributed by atoms with Gasteiger partial charge in [0.1, 0.15) is 11.3 Å². The largest absolute Gasteiger partial charge is 0.364 e. The van der Waals surface area contributed by atoms with Crippen molar-refractivity contribution in [3.05, 3.63) is 11.3 Å². The minimum atomic E-state index is -0.309. The van der Waals surface area contributed by atoms with Crippen molar-refractivity contribution in [1.29, 1.82) is 0 Å². The molecule has 112 valence electrons. The van der Waals surface area contributed by atoms with Crippen LogP contribution in [0.5, 0.6) is 0 Å². The predicted molar refractivity (Wildman–Crippen MR) is 77.8 cm³/mol. The Labute approximate surface area is 123 Å². The van der Waals surface area contributed by atoms with E-state index in [2.05, 4.69) is 25.3 Å². The number of rotatable bonds is 2. The van der Waals surface area contributed by atoms with Crippen LogP contribution in [0, 0.1) is 0 Å². The number of hydrogen-bond acceptors (Lipinski definition) is 5. The van der Waals surface area contributed by atoms with Crippen LogP contribution < -0.4 is 4.90 Å². The highest BCUT2D eigenvalue weighted by atomic mass is 16.5. The number of nitrogens with zero attached hydrogens (tertiary/aromatic N) is 5. The van der Waals surface area contributed by atoms with Crippen molar-refractivity contribution in [2.45, 2.75) is 38.9 Å². The molecule has 1 fully saturated rings. The molecule has 0 aliphatic carbocycles. The molecule has 1 saturated heterocycles. The normalized spacial score (nSPS) is 20.2. The Hall–Kier alpha value is -1.89. The second-order valence-electron chi connectivity index (χ2n) is 6.30. The van der Waals surface area contributed by atoms with E-state index >= 15 is 0 Å². The molecule has 2 aromatic rings. The summed E-state index contributed by atoms with van der Waals surface area (Å²) >= 11 is 0. The topological polar surface area (TPSA) is 71.9 Å². The van der Waals surface area contributed by atoms with Crippen molar-refractivity contribution in [2.75, 3.05) is 18.0 Å². The summed E-state index contributed by atoms with van der Waals surface area (Å²) in [5, 5.41) is 16.3. The van der Waals surface area contributed by atoms with Crippen LogP contribution in [0.25, 0.3) is 11.5 Å². The minimum Gasteiger partial charge on any atom is -0.364 e. The number of aromatic nitrogens is 5. The molecule has 0 bridgehead atoms. The van der Waals surface area contributed by atoms with Crippen LogP contribution >= 0.6 is 0 Å². The van der Waals surface area contributed by atoms with E-state index in [4.69, 9.17) is 4.74 Å². The van der Waals surface area contributed by atoms with Crippen molar-refractivity contribution >= 4 is 5.95 Å². The average molecular weight is 288 g/mol. The number of nitrogens with one attached hydrogen (secondary N) is 1. The van der Waals surface area contributed by atoms with Gasteiger partial charge in [-0.1, -0.05) is 0 Å². The van der Waals surface area contributed by atoms with E-state index in [-0.39, 0.29) is 5.60 Å². The van der Waals surface area contributed by atoms with Crippen LogP contribution in [0.1, 0.15) is 37.9 Å². The molecule has 4 heterocycles. The van der Waals surface area contributed by atoms with Crippen molar-refractivity contribution < 1.29 is 4.74 Å². The molecule has 0 spiro atoms. The summed E-state index contributed by atoms with van der Waals surface area (Å²) < 4.78 is 7.86. The SMILES string of the molecule is Cn1c(-c2n[nH]c3c2COC3(C)C)nnc1N1CCCC1. The summed E-state index contributed by atoms with van der Waals surface area (Å²) in [7, 11) is 2.00. The zero-order valence-corrected chi connectivity index (χ0v) is 12.7. The standard InChI is InChI=1S/C14H20N6O/c1-14(2)11-9(8-21-14)10(15-16-11)12-17-18-13(19(12)3)20-6-4-5-7-20/h4-8H2,1-3H3,(H,15,16). The van der Waals surface area contributed by atoms with E-state index in [1.54, 1.807) is 0 Å². The quantitative estimate of drug-likeness (QED) is 0.908. The van der Waals surface area contributed by atoms with Crippen LogP contribution in [0.15, 0.2) is 0 Å². The number of hydrogen-bond donors (Lipinski definition) is 1. The average Bonchev–Trinajstić information content (AvgIpc) is 3.16. The van der Waals surface area contributed by atoms with Gasteiger partial charge in [0.05, 0.1) is 12.3 Å². The highest BCUT2D eigenvalue weighted by Gasteiger charge is 2.36. The number of fused-ring (bicyclic) bond motifs is 1. The summed E-state index contributed by atoms with van der Waals surface area (Å²) in [6.45, 7) is 6.78. The maximum atomic E-state index is 5.82. The van der Waals surface area contributed by atoms with E-state index in [1.165, 1.54) is 12.8 Å². The van der Waals surface area contributed by atoms with Crippen molar-refractivity contribution in [2.24, 2.45) is 7.05 Å². The maximum Gasteiger partial charge on any atom is 0.227 e. The molecule has 7 heteroatoms. The Kier molecular flexibility index (Phi) is 2.63. The molecule has 4 rings (SSSR count). The third-order valence-electron chi connectivity index (χ3n) is 4.50. The number of H-pyrrole nitrogens is 1. The lowest BCUT2D eigenvalue weighted by molar-refractivity contribution is -0.0111. The molecule has 7 nitrogen and oxygen atoms in total. The van der Waals surface area contributed by atoms with E-state index in [9.17, 15) is 0 Å². The zero-order chi connectivity index (χ0) is 14.6. The van der Waals surface area contributed by atoms with Crippen molar-refractivity contribution in [3.63, 3.8) is 0 Å². The third kappa shape index (κ3) is 1.80. The van der Waals surface area contributed by atoms with Crippen LogP contribution in [-0.4, -0.2) is 38.1 Å². The van der Waals surface area contributed by atoms with E-state index in [0.717, 1.165) is 41.8 Å². The Bertz CT molecular complexity index is 680. The Morgan fingerprint density at radius 3 is 2.71 bits per heavy atom. The van der Waals surface area contributed by atoms with Gasteiger partial charge in [-0.25, -0.2) is 0 Å². The lowest BCUT2D eigenvalue weighted by Gasteiger charge is -2.15. The molecule has 0 atom stereocenters. The fraction of sp³-hybridized carbons (Fsp3) is 0.643. The molecular weight excluding hydrogens is 268 g/mol. The molecule has 2 aliphatic heterocycles. The van der Waals surface area contributed by atoms with Crippen LogP contribution in [-0.2, 0) is 24.0 Å². The molecule has 2 aromatic heterocycles. The highest BCUT2D eigenvalue weighted by molar-refractivity contribution is 5.60. The molecular formula is C14H20N6O. The monoisotopic (exact) mass is 288 g/mol. The molecule has 0 saturated carbocycles. The number of ether oxygens (including phenoxy) is 1. The first-order valence-corrected chi connectivity index (χ1v) is 7.44. The van der Waals surface area contributed by atoms with E-state index < -0.39 is 0 Å². The van der Waals surface area contributed by atoms with Gasteiger partial charge in [0, 0.05) is 25.7 Å². The highest BCUT2D eigenvalue weighted by Crippen LogP contribution is 2.38. The van der Waals surface area contributed by atoms with Gasteiger partial charge < -0.3 is 9.64 Å². The van der Waals surface area contributed by atoms with Gasteiger partial charge in [0.15, 0.2) is 5.82 Å². The maximum absolute atomic E-state index is 5.82. The van der Waals surface area contributed by atoms with Gasteiger partial charge in [0.25, 0.3) is 0 Å². The summed E-state index contributed by atoms with van der Waals surface area (Å²) in [5.41, 5.74) is 2.69.